The number of hydrogen-bond donors (Lipinski definition) is 0. The first kappa shape index (κ1) is 94.0. The molecule has 1 fully saturated rings. The summed E-state index contributed by atoms with van der Waals surface area (Å²) in [6.45, 7) is 15.4. The smallest absolute Gasteiger partial charge is 1.00 e. The second kappa shape index (κ2) is 68.6. The van der Waals surface area contributed by atoms with E-state index in [0.717, 1.165) is 61.8 Å². The van der Waals surface area contributed by atoms with Crippen LogP contribution in [0.3, 0.4) is 0 Å². The fourth-order valence-electron chi connectivity index (χ4n) is 2.46. The third-order valence-corrected chi connectivity index (χ3v) is 17.8. The van der Waals surface area contributed by atoms with Crippen molar-refractivity contribution in [3.8, 4) is 0 Å². The average molecular weight is 1480 g/mol. The number of rotatable bonds is 14. The van der Waals surface area contributed by atoms with Gasteiger partial charge in [-0.3, -0.25) is 0 Å². The Morgan fingerprint density at radius 1 is 0.578 bits per heavy atom. The molecule has 64 heavy (non-hydrogen) atoms. The molecule has 2 nitrogen and oxygen atoms in total. The molecule has 0 aromatic carbocycles. The Bertz CT molecular complexity index is 1050. The zero-order chi connectivity index (χ0) is 50.9. The number of alkyl halides is 6. The van der Waals surface area contributed by atoms with Crippen LogP contribution in [0.2, 0.25) is 36.3 Å². The molecule has 32 heteroatoms. The van der Waals surface area contributed by atoms with Gasteiger partial charge in [0.1, 0.15) is 0 Å². The van der Waals surface area contributed by atoms with Gasteiger partial charge in [0.05, 0.1) is 0 Å². The summed E-state index contributed by atoms with van der Waals surface area (Å²) in [5, 5.41) is 0. The predicted molar refractivity (Wildman–Crippen MR) is 339 cm³/mol. The summed E-state index contributed by atoms with van der Waals surface area (Å²) in [7, 11) is 0. The molecule has 1 saturated heterocycles. The van der Waals surface area contributed by atoms with Crippen LogP contribution in [0.1, 0.15) is 33.4 Å². The van der Waals surface area contributed by atoms with Gasteiger partial charge >= 0.3 is 71.6 Å². The van der Waals surface area contributed by atoms with Crippen LogP contribution in [-0.2, 0) is 9.47 Å². The van der Waals surface area contributed by atoms with Crippen LogP contribution in [0.15, 0.2) is 72.9 Å². The van der Waals surface area contributed by atoms with Crippen LogP contribution >= 0.6 is 247 Å². The van der Waals surface area contributed by atoms with Crippen LogP contribution < -0.4 is 0 Å². The maximum atomic E-state index is 5.81. The number of hydrogen-bond acceptors (Lipinski definition) is 2. The van der Waals surface area contributed by atoms with Crippen LogP contribution in [0.4, 0.5) is 0 Å². The largest absolute Gasteiger partial charge is 2.00 e. The van der Waals surface area contributed by atoms with E-state index in [9.17, 15) is 0 Å². The molecule has 0 saturated carbocycles. The maximum absolute atomic E-state index is 5.81. The van der Waals surface area contributed by atoms with E-state index in [4.69, 9.17) is 256 Å². The first-order valence-electron chi connectivity index (χ1n) is 17.5. The molecule has 384 valence electrons. The number of allylic oxidation sites excluding steroid dienone is 9. The summed E-state index contributed by atoms with van der Waals surface area (Å²) in [5.74, 6) is 2.93. The van der Waals surface area contributed by atoms with Gasteiger partial charge < -0.3 is 15.2 Å². The molecule has 0 aromatic rings. The topological polar surface area (TPSA) is 18.5 Å². The Morgan fingerprint density at radius 2 is 0.859 bits per heavy atom. The molecular weight excluding hydrogens is 1410 g/mol. The van der Waals surface area contributed by atoms with Gasteiger partial charge in [-0.15, -0.1) is 253 Å². The molecule has 2 aliphatic heterocycles. The molecule has 0 spiro atoms. The van der Waals surface area contributed by atoms with Crippen LogP contribution in [0.5, 0.6) is 0 Å². The molecule has 2 heterocycles. The molecule has 0 amide bonds. The van der Waals surface area contributed by atoms with E-state index >= 15 is 0 Å². The van der Waals surface area contributed by atoms with E-state index < -0.39 is 38.8 Å². The quantitative estimate of drug-likeness (QED) is 0.0747. The van der Waals surface area contributed by atoms with Crippen molar-refractivity contribution in [2.45, 2.75) is 64.0 Å². The Morgan fingerprint density at radius 3 is 0.953 bits per heavy atom. The molecule has 0 bridgehead atoms. The minimum atomic E-state index is -2.51. The second-order valence-corrected chi connectivity index (χ2v) is 58.4. The normalized spacial score (nSPS) is 13.4. The summed E-state index contributed by atoms with van der Waals surface area (Å²) in [5.41, 5.74) is 2.89. The zero-order valence-electron chi connectivity index (χ0n) is 40.1. The fourth-order valence-corrected chi connectivity index (χ4v) is 12.9. The molecule has 0 aliphatic carbocycles. The Balaban J connectivity index is -0.0000000397. The maximum Gasteiger partial charge on any atom is 2.00 e. The number of ether oxygens (including phenoxy) is 2. The molecule has 0 aromatic heterocycles. The van der Waals surface area contributed by atoms with Gasteiger partial charge in [-0.25, -0.2) is 0 Å². The molecule has 0 unspecified atom stereocenters. The predicted octanol–water partition coefficient (Wildman–Crippen LogP) is 20.5. The Labute approximate surface area is 537 Å². The van der Waals surface area contributed by atoms with Crippen molar-refractivity contribution >= 4 is 332 Å². The van der Waals surface area contributed by atoms with Crippen molar-refractivity contribution < 1.29 is 15.2 Å². The molecule has 0 N–H and O–H groups in total. The minimum absolute atomic E-state index is 0. The van der Waals surface area contributed by atoms with Crippen LogP contribution in [0.25, 0.3) is 0 Å². The number of halogens is 22. The fraction of sp³-hybridized carbons (Fsp3) is 0.625. The van der Waals surface area contributed by atoms with Crippen molar-refractivity contribution in [1.29, 1.82) is 0 Å². The van der Waals surface area contributed by atoms with Gasteiger partial charge in [-0.2, -0.15) is 0 Å². The minimum Gasteiger partial charge on any atom is -1.00 e. The van der Waals surface area contributed by atoms with E-state index in [1.54, 1.807) is 12.2 Å². The first-order valence-corrected chi connectivity index (χ1v) is 50.6. The van der Waals surface area contributed by atoms with Crippen molar-refractivity contribution in [2.75, 3.05) is 61.7 Å². The third kappa shape index (κ3) is 128. The van der Waals surface area contributed by atoms with E-state index in [1.807, 2.05) is 39.8 Å². The van der Waals surface area contributed by atoms with E-state index in [0.29, 0.717) is 47.4 Å². The van der Waals surface area contributed by atoms with Crippen molar-refractivity contribution in [2.24, 2.45) is 0 Å². The molecule has 2 rings (SSSR count). The van der Waals surface area contributed by atoms with Gasteiger partial charge in [0.15, 0.2) is 0 Å². The average Bonchev–Trinajstić information content (AvgIpc) is 3.54. The van der Waals surface area contributed by atoms with Crippen molar-refractivity contribution in [3.05, 3.63) is 72.9 Å². The van der Waals surface area contributed by atoms with Crippen molar-refractivity contribution in [1.82, 2.24) is 0 Å². The van der Waals surface area contributed by atoms with Gasteiger partial charge in [-0.1, -0.05) is 60.8 Å². The molecular formula is C32H62Cl22Mg2O2Si6. The van der Waals surface area contributed by atoms with Gasteiger partial charge in [0.25, 0.3) is 13.4 Å². The first-order chi connectivity index (χ1) is 28.3. The Kier molecular flexibility index (Phi) is 101. The van der Waals surface area contributed by atoms with Crippen LogP contribution in [-0.4, -0.2) is 147 Å². The Hall–Kier alpha value is 7.57. The monoisotopic (exact) mass is 1460 g/mol. The molecule has 0 atom stereocenters. The summed E-state index contributed by atoms with van der Waals surface area (Å²) < 4.78 is 9.67. The summed E-state index contributed by atoms with van der Waals surface area (Å²) in [6, 6.07) is -0.220. The summed E-state index contributed by atoms with van der Waals surface area (Å²) >= 11 is 118. The summed E-state index contributed by atoms with van der Waals surface area (Å²) in [6.07, 6.45) is 11.3. The molecule has 0 radical (unpaired) electrons. The van der Waals surface area contributed by atoms with Gasteiger partial charge in [0.2, 0.25) is 0 Å². The third-order valence-electron chi connectivity index (χ3n) is 4.80. The second-order valence-electron chi connectivity index (χ2n) is 10.7. The zero-order valence-corrected chi connectivity index (χ0v) is 61.9. The standard InChI is InChI=1S/2C4H6Cl4Si.2C4H6Cl2Si.2C4H6Cl2.2C4H10O.2Cl3HSi.2Mg.4H/c1-4(2-5)3-9(6,7)8;5-3-1-2-4-9(6,7)8;1-4-2-7(5,6)3-4;5-7(6)3-1-2-4-7;1-4(2-5)3-6;5-3-1-2-4-6;2*1-3-5-4-2;2*1-4(2)3;;;;;;/h1-3H2;1-2H,3-4H2;1-3H2;1-2H,3-4H2;1-3H2;1-2H,3-4H2;2*3-4H2,1-2H3;2*4H;;;;;;/q;;;;;;;;;;2*+2;4*-1/b;2-1-;;;;2-1-;;;;;;;;;;. The molecule has 2 aliphatic rings. The van der Waals surface area contributed by atoms with E-state index in [1.165, 1.54) is 5.57 Å². The van der Waals surface area contributed by atoms with Crippen molar-refractivity contribution in [3.63, 3.8) is 0 Å². The SMILES string of the molecule is C=C(CCl)CCl.C=C(CCl)C[Si](Cl)(Cl)Cl.C=C1C[Si](Cl)(Cl)C1.CCOCC.CCOCC.ClC/C=C\CCl.ClC/C=C\C[Si](Cl)(Cl)Cl.Cl[SiH](Cl)Cl.Cl[SiH](Cl)Cl.Cl[Si]1(Cl)CC=CC1.[H-].[H-].[H-].[H-].[Mg+2].[Mg+2]. The van der Waals surface area contributed by atoms with E-state index in [-0.39, 0.29) is 51.8 Å². The van der Waals surface area contributed by atoms with Gasteiger partial charge in [0, 0.05) is 73.8 Å². The summed E-state index contributed by atoms with van der Waals surface area (Å²) in [4.78, 5) is 0. The van der Waals surface area contributed by atoms with E-state index in [2.05, 4.69) is 31.9 Å². The van der Waals surface area contributed by atoms with Gasteiger partial charge in [-0.05, 0) is 57.4 Å². The van der Waals surface area contributed by atoms with Crippen LogP contribution in [0, 0.1) is 0 Å².